The van der Waals surface area contributed by atoms with Gasteiger partial charge in [0.25, 0.3) is 5.91 Å². The van der Waals surface area contributed by atoms with Crippen LogP contribution in [0.5, 0.6) is 11.5 Å². The summed E-state index contributed by atoms with van der Waals surface area (Å²) in [6.07, 6.45) is 0. The first-order valence-electron chi connectivity index (χ1n) is 5.28. The molecule has 1 aromatic carbocycles. The van der Waals surface area contributed by atoms with Crippen LogP contribution in [0.1, 0.15) is 10.4 Å². The molecule has 0 saturated heterocycles. The molecule has 0 atom stereocenters. The number of hydrogen-bond donors (Lipinski definition) is 1. The van der Waals surface area contributed by atoms with E-state index in [0.29, 0.717) is 46.3 Å². The van der Waals surface area contributed by atoms with Crippen LogP contribution >= 0.6 is 27.5 Å². The minimum absolute atomic E-state index is 0.241. The molecule has 1 aliphatic heterocycles. The third kappa shape index (κ3) is 2.97. The molecule has 0 aliphatic carbocycles. The molecule has 2 rings (SSSR count). The Labute approximate surface area is 118 Å². The van der Waals surface area contributed by atoms with E-state index in [1.165, 1.54) is 0 Å². The fourth-order valence-corrected chi connectivity index (χ4v) is 1.93. The van der Waals surface area contributed by atoms with E-state index in [1.54, 1.807) is 12.1 Å². The molecule has 1 amide bonds. The first-order valence-corrected chi connectivity index (χ1v) is 6.45. The zero-order valence-corrected chi connectivity index (χ0v) is 11.8. The largest absolute Gasteiger partial charge is 0.486 e. The number of halogens is 2. The normalized spacial score (nSPS) is 13.0. The van der Waals surface area contributed by atoms with Gasteiger partial charge in [-0.2, -0.15) is 0 Å². The zero-order valence-electron chi connectivity index (χ0n) is 9.46. The van der Waals surface area contributed by atoms with Crippen LogP contribution in [0.3, 0.4) is 0 Å². The summed E-state index contributed by atoms with van der Waals surface area (Å²) in [6, 6.07) is 3.17. The van der Waals surface area contributed by atoms with Crippen LogP contribution in [0.4, 0.5) is 0 Å². The van der Waals surface area contributed by atoms with Gasteiger partial charge in [0, 0.05) is 16.6 Å². The van der Waals surface area contributed by atoms with Gasteiger partial charge in [0.1, 0.15) is 13.2 Å². The zero-order chi connectivity index (χ0) is 13.1. The monoisotopic (exact) mass is 331 g/mol. The van der Waals surface area contributed by atoms with E-state index in [4.69, 9.17) is 21.1 Å². The number of amides is 1. The SMILES string of the molecule is C=C(Br)CNC(=O)c1cc(Cl)c2c(c1)OCCO2. The van der Waals surface area contributed by atoms with Gasteiger partial charge >= 0.3 is 0 Å². The molecule has 0 spiro atoms. The van der Waals surface area contributed by atoms with Crippen molar-refractivity contribution in [3.63, 3.8) is 0 Å². The number of rotatable bonds is 3. The molecule has 1 aromatic rings. The van der Waals surface area contributed by atoms with Crippen LogP contribution in [-0.2, 0) is 0 Å². The molecular formula is C12H11BrClNO3. The van der Waals surface area contributed by atoms with E-state index in [1.807, 2.05) is 0 Å². The highest BCUT2D eigenvalue weighted by Crippen LogP contribution is 2.38. The van der Waals surface area contributed by atoms with Crippen LogP contribution in [-0.4, -0.2) is 25.7 Å². The standard InChI is InChI=1S/C12H11BrClNO3/c1-7(13)6-15-12(16)8-4-9(14)11-10(5-8)17-2-3-18-11/h4-5H,1-3,6H2,(H,15,16). The van der Waals surface area contributed by atoms with Crippen LogP contribution in [0.2, 0.25) is 5.02 Å². The minimum atomic E-state index is -0.241. The Balaban J connectivity index is 2.21. The van der Waals surface area contributed by atoms with Gasteiger partial charge in [-0.25, -0.2) is 0 Å². The van der Waals surface area contributed by atoms with Gasteiger partial charge in [-0.15, -0.1) is 0 Å². The summed E-state index contributed by atoms with van der Waals surface area (Å²) < 4.78 is 11.5. The van der Waals surface area contributed by atoms with E-state index in [-0.39, 0.29) is 5.91 Å². The molecule has 0 saturated carbocycles. The molecule has 4 nitrogen and oxygen atoms in total. The van der Waals surface area contributed by atoms with Gasteiger partial charge < -0.3 is 14.8 Å². The Morgan fingerprint density at radius 2 is 2.17 bits per heavy atom. The topological polar surface area (TPSA) is 47.6 Å². The second kappa shape index (κ2) is 5.63. The number of benzene rings is 1. The second-order valence-corrected chi connectivity index (χ2v) is 5.21. The summed E-state index contributed by atoms with van der Waals surface area (Å²) in [5.74, 6) is 0.746. The van der Waals surface area contributed by atoms with E-state index in [9.17, 15) is 4.79 Å². The summed E-state index contributed by atoms with van der Waals surface area (Å²) in [7, 11) is 0. The Bertz CT molecular complexity index is 504. The molecule has 96 valence electrons. The number of carbonyl (C=O) groups is 1. The number of hydrogen-bond acceptors (Lipinski definition) is 3. The van der Waals surface area contributed by atoms with Crippen molar-refractivity contribution < 1.29 is 14.3 Å². The number of nitrogens with one attached hydrogen (secondary N) is 1. The molecule has 0 fully saturated rings. The van der Waals surface area contributed by atoms with Gasteiger partial charge in [0.05, 0.1) is 5.02 Å². The highest BCUT2D eigenvalue weighted by atomic mass is 79.9. The second-order valence-electron chi connectivity index (χ2n) is 3.68. The van der Waals surface area contributed by atoms with Crippen LogP contribution in [0, 0.1) is 0 Å². The lowest BCUT2D eigenvalue weighted by Crippen LogP contribution is -2.25. The molecule has 0 aromatic heterocycles. The maximum atomic E-state index is 11.9. The molecule has 6 heteroatoms. The average Bonchev–Trinajstić information content (AvgIpc) is 2.36. The smallest absolute Gasteiger partial charge is 0.251 e. The van der Waals surface area contributed by atoms with E-state index in [0.717, 1.165) is 0 Å². The van der Waals surface area contributed by atoms with E-state index >= 15 is 0 Å². The minimum Gasteiger partial charge on any atom is -0.486 e. The quantitative estimate of drug-likeness (QED) is 0.926. The average molecular weight is 333 g/mol. The molecular weight excluding hydrogens is 321 g/mol. The number of carbonyl (C=O) groups excluding carboxylic acids is 1. The molecule has 18 heavy (non-hydrogen) atoms. The van der Waals surface area contributed by atoms with Crippen molar-refractivity contribution in [2.75, 3.05) is 19.8 Å². The van der Waals surface area contributed by atoms with Crippen molar-refractivity contribution in [3.8, 4) is 11.5 Å². The Kier molecular flexibility index (Phi) is 4.14. The summed E-state index contributed by atoms with van der Waals surface area (Å²) >= 11 is 9.21. The molecule has 1 aliphatic rings. The third-order valence-electron chi connectivity index (χ3n) is 2.30. The van der Waals surface area contributed by atoms with Gasteiger partial charge in [-0.05, 0) is 12.1 Å². The van der Waals surface area contributed by atoms with Crippen molar-refractivity contribution >= 4 is 33.4 Å². The highest BCUT2D eigenvalue weighted by Gasteiger charge is 2.19. The van der Waals surface area contributed by atoms with Crippen LogP contribution < -0.4 is 14.8 Å². The Morgan fingerprint density at radius 3 is 2.89 bits per heavy atom. The lowest BCUT2D eigenvalue weighted by Gasteiger charge is -2.20. The van der Waals surface area contributed by atoms with Crippen molar-refractivity contribution in [1.29, 1.82) is 0 Å². The molecule has 0 bridgehead atoms. The van der Waals surface area contributed by atoms with Crippen LogP contribution in [0.25, 0.3) is 0 Å². The predicted molar refractivity (Wildman–Crippen MR) is 72.8 cm³/mol. The van der Waals surface area contributed by atoms with Crippen molar-refractivity contribution in [3.05, 3.63) is 33.8 Å². The summed E-state index contributed by atoms with van der Waals surface area (Å²) in [6.45, 7) is 4.90. The maximum Gasteiger partial charge on any atom is 0.251 e. The number of fused-ring (bicyclic) bond motifs is 1. The van der Waals surface area contributed by atoms with Gasteiger partial charge in [-0.3, -0.25) is 4.79 Å². The van der Waals surface area contributed by atoms with Crippen LogP contribution in [0.15, 0.2) is 23.2 Å². The fourth-order valence-electron chi connectivity index (χ4n) is 1.52. The number of ether oxygens (including phenoxy) is 2. The maximum absolute atomic E-state index is 11.9. The van der Waals surface area contributed by atoms with Gasteiger partial charge in [0.15, 0.2) is 11.5 Å². The summed E-state index contributed by atoms with van der Waals surface area (Å²) in [5.41, 5.74) is 0.429. The first kappa shape index (κ1) is 13.2. The van der Waals surface area contributed by atoms with Gasteiger partial charge in [-0.1, -0.05) is 34.1 Å². The predicted octanol–water partition coefficient (Wildman–Crippen LogP) is 2.75. The van der Waals surface area contributed by atoms with E-state index < -0.39 is 0 Å². The van der Waals surface area contributed by atoms with E-state index in [2.05, 4.69) is 27.8 Å². The first-order chi connectivity index (χ1) is 8.58. The van der Waals surface area contributed by atoms with Crippen molar-refractivity contribution in [2.45, 2.75) is 0 Å². The lowest BCUT2D eigenvalue weighted by molar-refractivity contribution is 0.0956. The Morgan fingerprint density at radius 1 is 1.44 bits per heavy atom. The molecule has 1 N–H and O–H groups in total. The molecule has 0 radical (unpaired) electrons. The third-order valence-corrected chi connectivity index (χ3v) is 2.86. The molecule has 0 unspecified atom stereocenters. The van der Waals surface area contributed by atoms with Crippen molar-refractivity contribution in [1.82, 2.24) is 5.32 Å². The fraction of sp³-hybridized carbons (Fsp3) is 0.250. The summed E-state index contributed by atoms with van der Waals surface area (Å²) in [4.78, 5) is 11.9. The Hall–Kier alpha value is -1.20. The highest BCUT2D eigenvalue weighted by molar-refractivity contribution is 9.11. The van der Waals surface area contributed by atoms with Crippen molar-refractivity contribution in [2.24, 2.45) is 0 Å². The lowest BCUT2D eigenvalue weighted by atomic mass is 10.2. The van der Waals surface area contributed by atoms with Gasteiger partial charge in [0.2, 0.25) is 0 Å². The molecule has 1 heterocycles. The summed E-state index contributed by atoms with van der Waals surface area (Å²) in [5, 5.41) is 3.06.